The fraction of sp³-hybridized carbons (Fsp3) is 0. The molecule has 0 amide bonds. The Balaban J connectivity index is 3.14. The average molecular weight is 143 g/mol. The third-order valence-electron chi connectivity index (χ3n) is 0.761. The maximum absolute atomic E-state index is 5.52. The number of hydrogen-bond acceptors (Lipinski definition) is 1. The standard InChI is InChI=1S/C6H3ClS/c1-4-3-6(7)8-5(4)2/h1-3H. The van der Waals surface area contributed by atoms with Crippen LogP contribution in [0.25, 0.3) is 0 Å². The van der Waals surface area contributed by atoms with Crippen molar-refractivity contribution in [2.75, 3.05) is 0 Å². The maximum Gasteiger partial charge on any atom is 0.0934 e. The second kappa shape index (κ2) is 2.08. The summed E-state index contributed by atoms with van der Waals surface area (Å²) in [5.41, 5.74) is 0.569. The Morgan fingerprint density at radius 3 is 2.25 bits per heavy atom. The summed E-state index contributed by atoms with van der Waals surface area (Å²) in [5.74, 6) is 0. The van der Waals surface area contributed by atoms with Gasteiger partial charge in [0, 0.05) is 18.7 Å². The molecule has 0 fully saturated rings. The Morgan fingerprint density at radius 2 is 2.12 bits per heavy atom. The van der Waals surface area contributed by atoms with Crippen LogP contribution >= 0.6 is 22.9 Å². The molecular weight excluding hydrogens is 140 g/mol. The van der Waals surface area contributed by atoms with E-state index in [2.05, 4.69) is 0 Å². The van der Waals surface area contributed by atoms with Gasteiger partial charge in [0.05, 0.1) is 4.34 Å². The molecule has 0 saturated carbocycles. The van der Waals surface area contributed by atoms with Crippen molar-refractivity contribution < 1.29 is 0 Å². The monoisotopic (exact) mass is 142 g/mol. The SMILES string of the molecule is [CH]c1cc(Cl)sc1[CH]. The van der Waals surface area contributed by atoms with Crippen molar-refractivity contribution in [1.82, 2.24) is 0 Å². The summed E-state index contributed by atoms with van der Waals surface area (Å²) in [6, 6.07) is 1.64. The number of hydrogen-bond donors (Lipinski definition) is 0. The molecule has 0 aliphatic rings. The Hall–Kier alpha value is -0.0100. The molecule has 2 heteroatoms. The van der Waals surface area contributed by atoms with Crippen LogP contribution in [0.5, 0.6) is 0 Å². The lowest BCUT2D eigenvalue weighted by atomic mass is 10.3. The number of thiophene rings is 1. The van der Waals surface area contributed by atoms with Gasteiger partial charge in [-0.05, 0) is 11.6 Å². The second-order valence-electron chi connectivity index (χ2n) is 1.37. The summed E-state index contributed by atoms with van der Waals surface area (Å²) >= 11 is 6.81. The van der Waals surface area contributed by atoms with Gasteiger partial charge >= 0.3 is 0 Å². The van der Waals surface area contributed by atoms with Crippen LogP contribution in [0.15, 0.2) is 6.07 Å². The van der Waals surface area contributed by atoms with Crippen LogP contribution in [0, 0.1) is 13.8 Å². The lowest BCUT2D eigenvalue weighted by Gasteiger charge is -1.78. The number of halogens is 1. The van der Waals surface area contributed by atoms with Crippen molar-refractivity contribution in [2.24, 2.45) is 0 Å². The summed E-state index contributed by atoms with van der Waals surface area (Å²) in [4.78, 5) is 0.593. The first-order valence-electron chi connectivity index (χ1n) is 2.00. The van der Waals surface area contributed by atoms with Crippen molar-refractivity contribution >= 4 is 22.9 Å². The first kappa shape index (κ1) is 6.12. The highest BCUT2D eigenvalue weighted by molar-refractivity contribution is 7.16. The second-order valence-corrected chi connectivity index (χ2v) is 3.09. The van der Waals surface area contributed by atoms with E-state index in [1.165, 1.54) is 11.3 Å². The molecular formula is C6H3ClS. The molecule has 0 saturated heterocycles. The summed E-state index contributed by atoms with van der Waals surface area (Å²) in [6.07, 6.45) is 0. The zero-order valence-electron chi connectivity index (χ0n) is 4.02. The Bertz CT molecular complexity index is 171. The zero-order valence-corrected chi connectivity index (χ0v) is 5.59. The molecule has 8 heavy (non-hydrogen) atoms. The maximum atomic E-state index is 5.52. The fourth-order valence-electron chi connectivity index (χ4n) is 0.387. The van der Waals surface area contributed by atoms with Gasteiger partial charge in [-0.1, -0.05) is 11.6 Å². The molecule has 1 aromatic heterocycles. The van der Waals surface area contributed by atoms with E-state index in [-0.39, 0.29) is 0 Å². The van der Waals surface area contributed by atoms with Crippen molar-refractivity contribution in [2.45, 2.75) is 0 Å². The van der Waals surface area contributed by atoms with Gasteiger partial charge in [0.1, 0.15) is 0 Å². The molecule has 1 heterocycles. The van der Waals surface area contributed by atoms with Crippen LogP contribution in [0.3, 0.4) is 0 Å². The van der Waals surface area contributed by atoms with Crippen LogP contribution in [0.4, 0.5) is 0 Å². The molecule has 0 N–H and O–H groups in total. The molecule has 0 spiro atoms. The lowest BCUT2D eigenvalue weighted by molar-refractivity contribution is 1.71. The van der Waals surface area contributed by atoms with Gasteiger partial charge in [0.2, 0.25) is 0 Å². The van der Waals surface area contributed by atoms with Crippen LogP contribution in [0.1, 0.15) is 10.4 Å². The van der Waals surface area contributed by atoms with Gasteiger partial charge in [0.15, 0.2) is 0 Å². The predicted octanol–water partition coefficient (Wildman–Crippen LogP) is 2.52. The highest BCUT2D eigenvalue weighted by atomic mass is 35.5. The van der Waals surface area contributed by atoms with Crippen molar-refractivity contribution in [3.05, 3.63) is 34.7 Å². The molecule has 0 aromatic carbocycles. The number of rotatable bonds is 0. The Labute approximate surface area is 58.1 Å². The molecule has 0 aliphatic carbocycles. The third-order valence-corrected chi connectivity index (χ3v) is 1.87. The molecule has 4 radical (unpaired) electrons. The van der Waals surface area contributed by atoms with E-state index in [0.29, 0.717) is 14.8 Å². The first-order valence-corrected chi connectivity index (χ1v) is 3.20. The van der Waals surface area contributed by atoms with Crippen molar-refractivity contribution in [3.8, 4) is 0 Å². The van der Waals surface area contributed by atoms with E-state index in [4.69, 9.17) is 25.4 Å². The normalized spacial score (nSPS) is 9.88. The first-order chi connectivity index (χ1) is 3.70. The van der Waals surface area contributed by atoms with Gasteiger partial charge in [-0.25, -0.2) is 0 Å². The molecule has 0 nitrogen and oxygen atoms in total. The Morgan fingerprint density at radius 1 is 1.50 bits per heavy atom. The Kier molecular flexibility index (Phi) is 1.59. The minimum atomic E-state index is 0.569. The highest BCUT2D eigenvalue weighted by Crippen LogP contribution is 2.24. The average Bonchev–Trinajstić information content (AvgIpc) is 1.85. The topological polar surface area (TPSA) is 0 Å². The van der Waals surface area contributed by atoms with Crippen molar-refractivity contribution in [3.63, 3.8) is 0 Å². The van der Waals surface area contributed by atoms with Gasteiger partial charge < -0.3 is 0 Å². The zero-order chi connectivity index (χ0) is 6.15. The molecule has 0 atom stereocenters. The smallest absolute Gasteiger partial charge is 0.0934 e. The van der Waals surface area contributed by atoms with Crippen LogP contribution < -0.4 is 0 Å². The van der Waals surface area contributed by atoms with Gasteiger partial charge in [-0.15, -0.1) is 11.3 Å². The molecule has 0 bridgehead atoms. The quantitative estimate of drug-likeness (QED) is 0.522. The van der Waals surface area contributed by atoms with Crippen molar-refractivity contribution in [1.29, 1.82) is 0 Å². The predicted molar refractivity (Wildman–Crippen MR) is 36.1 cm³/mol. The van der Waals surface area contributed by atoms with E-state index < -0.39 is 0 Å². The third kappa shape index (κ3) is 1.04. The molecule has 40 valence electrons. The van der Waals surface area contributed by atoms with Gasteiger partial charge in [-0.3, -0.25) is 0 Å². The van der Waals surface area contributed by atoms with Crippen LogP contribution in [0.2, 0.25) is 4.34 Å². The van der Waals surface area contributed by atoms with E-state index in [0.717, 1.165) is 0 Å². The largest absolute Gasteiger partial charge is 0.128 e. The van der Waals surface area contributed by atoms with Gasteiger partial charge in [0.25, 0.3) is 0 Å². The van der Waals surface area contributed by atoms with E-state index in [1.54, 1.807) is 6.07 Å². The molecule has 0 unspecified atom stereocenters. The van der Waals surface area contributed by atoms with Gasteiger partial charge in [-0.2, -0.15) is 0 Å². The molecule has 1 aromatic rings. The summed E-state index contributed by atoms with van der Waals surface area (Å²) in [6.45, 7) is 10.7. The summed E-state index contributed by atoms with van der Waals surface area (Å²) in [7, 11) is 0. The lowest BCUT2D eigenvalue weighted by Crippen LogP contribution is -1.61. The minimum absolute atomic E-state index is 0.569. The minimum Gasteiger partial charge on any atom is -0.128 e. The van der Waals surface area contributed by atoms with E-state index in [9.17, 15) is 0 Å². The molecule has 0 aliphatic heterocycles. The van der Waals surface area contributed by atoms with E-state index in [1.807, 2.05) is 0 Å². The van der Waals surface area contributed by atoms with Crippen LogP contribution in [-0.2, 0) is 0 Å². The summed E-state index contributed by atoms with van der Waals surface area (Å²) in [5, 5.41) is 0. The molecule has 1 rings (SSSR count). The van der Waals surface area contributed by atoms with E-state index >= 15 is 0 Å². The highest BCUT2D eigenvalue weighted by Gasteiger charge is 1.96. The fourth-order valence-corrected chi connectivity index (χ4v) is 1.33. The summed E-state index contributed by atoms with van der Waals surface area (Å²) < 4.78 is 0.639. The van der Waals surface area contributed by atoms with Crippen LogP contribution in [-0.4, -0.2) is 0 Å².